The third-order valence-electron chi connectivity index (χ3n) is 2.78. The zero-order chi connectivity index (χ0) is 9.97. The van der Waals surface area contributed by atoms with Crippen molar-refractivity contribution in [2.45, 2.75) is 32.9 Å². The Morgan fingerprint density at radius 1 is 1.43 bits per heavy atom. The Bertz CT molecular complexity index is 299. The lowest BCUT2D eigenvalue weighted by atomic mass is 10.4. The lowest BCUT2D eigenvalue weighted by Gasteiger charge is -2.11. The molecule has 1 aromatic rings. The van der Waals surface area contributed by atoms with Crippen LogP contribution in [0.25, 0.3) is 0 Å². The molecule has 0 unspecified atom stereocenters. The maximum absolute atomic E-state index is 5.76. The molecule has 2 N–H and O–H groups in total. The number of aromatic nitrogens is 2. The summed E-state index contributed by atoms with van der Waals surface area (Å²) in [4.78, 5) is 6.78. The Morgan fingerprint density at radius 2 is 2.14 bits per heavy atom. The van der Waals surface area contributed by atoms with Gasteiger partial charge in [-0.05, 0) is 32.9 Å². The summed E-state index contributed by atoms with van der Waals surface area (Å²) >= 11 is 0. The third-order valence-corrected chi connectivity index (χ3v) is 2.78. The molecule has 4 nitrogen and oxygen atoms in total. The maximum Gasteiger partial charge on any atom is 0.200 e. The van der Waals surface area contributed by atoms with E-state index in [1.54, 1.807) is 0 Å². The summed E-state index contributed by atoms with van der Waals surface area (Å²) in [6, 6.07) is 0. The fourth-order valence-corrected chi connectivity index (χ4v) is 1.99. The van der Waals surface area contributed by atoms with E-state index in [-0.39, 0.29) is 0 Å². The van der Waals surface area contributed by atoms with Gasteiger partial charge in [-0.2, -0.15) is 0 Å². The van der Waals surface area contributed by atoms with Crippen LogP contribution in [-0.2, 0) is 13.1 Å². The molecular weight excluding hydrogens is 176 g/mol. The number of hydrogen-bond donors (Lipinski definition) is 1. The van der Waals surface area contributed by atoms with Crippen LogP contribution < -0.4 is 5.73 Å². The summed E-state index contributed by atoms with van der Waals surface area (Å²) in [6.45, 7) is 6.35. The first kappa shape index (κ1) is 9.52. The van der Waals surface area contributed by atoms with E-state index in [4.69, 9.17) is 5.73 Å². The zero-order valence-electron chi connectivity index (χ0n) is 8.74. The van der Waals surface area contributed by atoms with E-state index in [2.05, 4.69) is 23.0 Å². The van der Waals surface area contributed by atoms with E-state index in [1.807, 2.05) is 4.57 Å². The zero-order valence-corrected chi connectivity index (χ0v) is 8.74. The highest BCUT2D eigenvalue weighted by molar-refractivity contribution is 5.21. The van der Waals surface area contributed by atoms with Gasteiger partial charge in [0.05, 0.1) is 5.69 Å². The van der Waals surface area contributed by atoms with Crippen molar-refractivity contribution in [3.63, 3.8) is 0 Å². The number of anilines is 1. The molecule has 0 aliphatic carbocycles. The van der Waals surface area contributed by atoms with Gasteiger partial charge in [0.25, 0.3) is 0 Å². The van der Waals surface area contributed by atoms with Crippen molar-refractivity contribution < 1.29 is 0 Å². The van der Waals surface area contributed by atoms with Crippen molar-refractivity contribution in [1.29, 1.82) is 0 Å². The average molecular weight is 194 g/mol. The molecular formula is C10H18N4. The Kier molecular flexibility index (Phi) is 2.72. The number of imidazole rings is 1. The summed E-state index contributed by atoms with van der Waals surface area (Å²) < 4.78 is 1.99. The highest BCUT2D eigenvalue weighted by Gasteiger charge is 2.13. The number of nitrogens with two attached hydrogens (primary N) is 1. The van der Waals surface area contributed by atoms with Gasteiger partial charge in [0.15, 0.2) is 5.95 Å². The molecule has 1 aromatic heterocycles. The Hall–Kier alpha value is -1.03. The molecule has 0 aromatic carbocycles. The molecule has 0 saturated carbocycles. The van der Waals surface area contributed by atoms with Crippen LogP contribution in [0.3, 0.4) is 0 Å². The molecule has 78 valence electrons. The second-order valence-electron chi connectivity index (χ2n) is 3.86. The first-order valence-corrected chi connectivity index (χ1v) is 5.33. The lowest BCUT2D eigenvalue weighted by molar-refractivity contribution is 0.327. The van der Waals surface area contributed by atoms with Gasteiger partial charge in [-0.3, -0.25) is 4.90 Å². The molecule has 1 fully saturated rings. The second-order valence-corrected chi connectivity index (χ2v) is 3.86. The maximum atomic E-state index is 5.76. The molecule has 0 spiro atoms. The molecule has 0 bridgehead atoms. The van der Waals surface area contributed by atoms with Gasteiger partial charge in [-0.25, -0.2) is 4.98 Å². The number of nitrogen functional groups attached to an aromatic ring is 1. The minimum Gasteiger partial charge on any atom is -0.369 e. The highest BCUT2D eigenvalue weighted by Crippen LogP contribution is 2.13. The lowest BCUT2D eigenvalue weighted by Crippen LogP contribution is -2.18. The molecule has 4 heteroatoms. The normalized spacial score (nSPS) is 17.8. The predicted molar refractivity (Wildman–Crippen MR) is 56.8 cm³/mol. The largest absolute Gasteiger partial charge is 0.369 e. The number of aryl methyl sites for hydroxylation is 1. The van der Waals surface area contributed by atoms with Crippen molar-refractivity contribution in [2.24, 2.45) is 0 Å². The van der Waals surface area contributed by atoms with Crippen molar-refractivity contribution in [3.8, 4) is 0 Å². The molecule has 0 amide bonds. The predicted octanol–water partition coefficient (Wildman–Crippen LogP) is 1.08. The quantitative estimate of drug-likeness (QED) is 0.783. The smallest absolute Gasteiger partial charge is 0.200 e. The van der Waals surface area contributed by atoms with Gasteiger partial charge >= 0.3 is 0 Å². The van der Waals surface area contributed by atoms with E-state index in [0.717, 1.165) is 18.8 Å². The van der Waals surface area contributed by atoms with Crippen molar-refractivity contribution in [1.82, 2.24) is 14.5 Å². The SMILES string of the molecule is CCn1cc(CN2CCCC2)nc1N. The van der Waals surface area contributed by atoms with Crippen molar-refractivity contribution in [2.75, 3.05) is 18.8 Å². The molecule has 1 aliphatic heterocycles. The van der Waals surface area contributed by atoms with Crippen LogP contribution in [0.15, 0.2) is 6.20 Å². The van der Waals surface area contributed by atoms with Crippen LogP contribution >= 0.6 is 0 Å². The highest BCUT2D eigenvalue weighted by atomic mass is 15.2. The fourth-order valence-electron chi connectivity index (χ4n) is 1.99. The standard InChI is InChI=1S/C10H18N4/c1-2-14-8-9(12-10(14)11)7-13-5-3-4-6-13/h8H,2-7H2,1H3,(H2,11,12). The topological polar surface area (TPSA) is 47.1 Å². The molecule has 2 rings (SSSR count). The number of hydrogen-bond acceptors (Lipinski definition) is 3. The van der Waals surface area contributed by atoms with Gasteiger partial charge in [-0.15, -0.1) is 0 Å². The van der Waals surface area contributed by atoms with Crippen LogP contribution in [0.5, 0.6) is 0 Å². The summed E-state index contributed by atoms with van der Waals surface area (Å²) in [5, 5.41) is 0. The number of nitrogens with zero attached hydrogens (tertiary/aromatic N) is 3. The Balaban J connectivity index is 2.01. The van der Waals surface area contributed by atoms with Gasteiger partial charge in [0.2, 0.25) is 0 Å². The molecule has 1 saturated heterocycles. The van der Waals surface area contributed by atoms with E-state index >= 15 is 0 Å². The number of likely N-dealkylation sites (tertiary alicyclic amines) is 1. The minimum absolute atomic E-state index is 0.640. The Labute approximate surface area is 84.7 Å². The second kappa shape index (κ2) is 4.00. The van der Waals surface area contributed by atoms with Crippen LogP contribution in [0.4, 0.5) is 5.95 Å². The molecule has 2 heterocycles. The summed E-state index contributed by atoms with van der Waals surface area (Å²) in [6.07, 6.45) is 4.71. The number of rotatable bonds is 3. The monoisotopic (exact) mass is 194 g/mol. The fraction of sp³-hybridized carbons (Fsp3) is 0.700. The first-order chi connectivity index (χ1) is 6.79. The van der Waals surface area contributed by atoms with Crippen LogP contribution in [0.1, 0.15) is 25.5 Å². The molecule has 1 aliphatic rings. The summed E-state index contributed by atoms with van der Waals surface area (Å²) in [5.74, 6) is 0.640. The molecule has 14 heavy (non-hydrogen) atoms. The van der Waals surface area contributed by atoms with E-state index in [9.17, 15) is 0 Å². The van der Waals surface area contributed by atoms with Crippen LogP contribution in [0, 0.1) is 0 Å². The van der Waals surface area contributed by atoms with E-state index in [1.165, 1.54) is 25.9 Å². The van der Waals surface area contributed by atoms with Gasteiger partial charge in [0, 0.05) is 19.3 Å². The van der Waals surface area contributed by atoms with Crippen LogP contribution in [-0.4, -0.2) is 27.5 Å². The average Bonchev–Trinajstić information content (AvgIpc) is 2.76. The molecule has 0 radical (unpaired) electrons. The summed E-state index contributed by atoms with van der Waals surface area (Å²) in [7, 11) is 0. The van der Waals surface area contributed by atoms with Crippen LogP contribution in [0.2, 0.25) is 0 Å². The van der Waals surface area contributed by atoms with Gasteiger partial charge < -0.3 is 10.3 Å². The molecule has 0 atom stereocenters. The first-order valence-electron chi connectivity index (χ1n) is 5.33. The van der Waals surface area contributed by atoms with Crippen molar-refractivity contribution in [3.05, 3.63) is 11.9 Å². The van der Waals surface area contributed by atoms with Crippen molar-refractivity contribution >= 4 is 5.95 Å². The Morgan fingerprint density at radius 3 is 2.71 bits per heavy atom. The van der Waals surface area contributed by atoms with Gasteiger partial charge in [-0.1, -0.05) is 0 Å². The van der Waals surface area contributed by atoms with Gasteiger partial charge in [0.1, 0.15) is 0 Å². The summed E-state index contributed by atoms with van der Waals surface area (Å²) in [5.41, 5.74) is 6.86. The minimum atomic E-state index is 0.640. The van der Waals surface area contributed by atoms with E-state index < -0.39 is 0 Å². The van der Waals surface area contributed by atoms with E-state index in [0.29, 0.717) is 5.95 Å². The third kappa shape index (κ3) is 1.90.